The van der Waals surface area contributed by atoms with Gasteiger partial charge in [0, 0.05) is 36.7 Å². The summed E-state index contributed by atoms with van der Waals surface area (Å²) in [6, 6.07) is 9.42. The Labute approximate surface area is 214 Å². The van der Waals surface area contributed by atoms with Gasteiger partial charge in [-0.1, -0.05) is 29.8 Å². The molecule has 4 rings (SSSR count). The lowest BCUT2D eigenvalue weighted by atomic mass is 9.74. The van der Waals surface area contributed by atoms with Crippen molar-refractivity contribution in [1.29, 1.82) is 0 Å². The average molecular weight is 515 g/mol. The second-order valence-corrected chi connectivity index (χ2v) is 9.58. The molecule has 1 saturated heterocycles. The highest BCUT2D eigenvalue weighted by atomic mass is 35.5. The molecule has 1 N–H and O–H groups in total. The lowest BCUT2D eigenvalue weighted by Gasteiger charge is -2.43. The number of hydrogen-bond donors (Lipinski definition) is 1. The number of pyridine rings is 1. The predicted octanol–water partition coefficient (Wildman–Crippen LogP) is 3.38. The minimum atomic E-state index is -1.21. The van der Waals surface area contributed by atoms with Gasteiger partial charge < -0.3 is 14.7 Å². The van der Waals surface area contributed by atoms with Gasteiger partial charge in [-0.15, -0.1) is 0 Å². The smallest absolute Gasteiger partial charge is 0.415 e. The summed E-state index contributed by atoms with van der Waals surface area (Å²) in [5.74, 6) is -1.49. The van der Waals surface area contributed by atoms with E-state index >= 15 is 0 Å². The molecular weight excluding hydrogens is 486 g/mol. The molecule has 1 saturated carbocycles. The summed E-state index contributed by atoms with van der Waals surface area (Å²) in [6.07, 6.45) is 5.82. The Morgan fingerprint density at radius 3 is 2.69 bits per heavy atom. The summed E-state index contributed by atoms with van der Waals surface area (Å²) in [5.41, 5.74) is -0.336. The molecule has 1 aromatic heterocycles. The largest absolute Gasteiger partial charge is 0.480 e. The van der Waals surface area contributed by atoms with Crippen LogP contribution in [0.5, 0.6) is 0 Å². The standard InChI is InChI=1S/C26H28ClN3O6/c1-28(26(13-5-4-12-22(26)31)19-9-2-3-10-20(19)27)25(35)36-17-29-14-6-8-18(16-29)23(32)30-15-7-11-21(30)24(33)34/h2-3,6,8-10,14,16,21H,4-5,7,11-13,15,17H2,1H3/p+1/t21-,26?/m0/s1. The Bertz CT molecular complexity index is 1190. The number of amides is 2. The number of carboxylic acids is 1. The van der Waals surface area contributed by atoms with E-state index in [9.17, 15) is 24.3 Å². The van der Waals surface area contributed by atoms with E-state index in [2.05, 4.69) is 0 Å². The third-order valence-corrected chi connectivity index (χ3v) is 7.39. The number of ether oxygens (including phenoxy) is 1. The van der Waals surface area contributed by atoms with E-state index in [1.807, 2.05) is 0 Å². The maximum atomic E-state index is 13.2. The van der Waals surface area contributed by atoms with Crippen LogP contribution in [0.25, 0.3) is 0 Å². The number of carboxylic acid groups (broad SMARTS) is 1. The van der Waals surface area contributed by atoms with Gasteiger partial charge in [0.05, 0.1) is 0 Å². The number of hydrogen-bond acceptors (Lipinski definition) is 5. The maximum Gasteiger partial charge on any atom is 0.415 e. The number of halogens is 1. The third-order valence-electron chi connectivity index (χ3n) is 7.06. The van der Waals surface area contributed by atoms with E-state index in [-0.39, 0.29) is 18.4 Å². The molecule has 0 radical (unpaired) electrons. The first kappa shape index (κ1) is 25.6. The molecule has 9 nitrogen and oxygen atoms in total. The third kappa shape index (κ3) is 4.80. The summed E-state index contributed by atoms with van der Waals surface area (Å²) in [7, 11) is 1.54. The normalized spacial score (nSPS) is 21.8. The topological polar surface area (TPSA) is 108 Å². The van der Waals surface area contributed by atoms with Crippen LogP contribution in [-0.2, 0) is 26.6 Å². The van der Waals surface area contributed by atoms with Crippen molar-refractivity contribution < 1.29 is 33.6 Å². The van der Waals surface area contributed by atoms with E-state index in [1.54, 1.807) is 49.6 Å². The molecule has 36 heavy (non-hydrogen) atoms. The molecule has 2 fully saturated rings. The highest BCUT2D eigenvalue weighted by Crippen LogP contribution is 2.42. The van der Waals surface area contributed by atoms with Gasteiger partial charge >= 0.3 is 12.1 Å². The Hall–Kier alpha value is -3.46. The summed E-state index contributed by atoms with van der Waals surface area (Å²) in [4.78, 5) is 53.4. The lowest BCUT2D eigenvalue weighted by molar-refractivity contribution is -0.727. The zero-order valence-electron chi connectivity index (χ0n) is 20.1. The van der Waals surface area contributed by atoms with E-state index in [1.165, 1.54) is 20.6 Å². The molecule has 0 spiro atoms. The Kier molecular flexibility index (Phi) is 7.59. The number of Topliss-reactive ketones (excluding diaryl/α,β-unsaturated/α-hetero) is 1. The molecule has 10 heteroatoms. The number of rotatable bonds is 6. The molecule has 1 unspecified atom stereocenters. The lowest BCUT2D eigenvalue weighted by Crippen LogP contribution is -2.55. The van der Waals surface area contributed by atoms with Crippen molar-refractivity contribution in [2.24, 2.45) is 0 Å². The zero-order chi connectivity index (χ0) is 25.9. The van der Waals surface area contributed by atoms with E-state index < -0.39 is 23.6 Å². The first-order valence-electron chi connectivity index (χ1n) is 12.0. The van der Waals surface area contributed by atoms with Crippen LogP contribution in [0.1, 0.15) is 54.4 Å². The zero-order valence-corrected chi connectivity index (χ0v) is 20.8. The first-order chi connectivity index (χ1) is 17.3. The molecule has 2 aliphatic rings. The van der Waals surface area contributed by atoms with E-state index in [0.29, 0.717) is 48.4 Å². The van der Waals surface area contributed by atoms with Gasteiger partial charge in [0.1, 0.15) is 17.1 Å². The number of aliphatic carboxylic acids is 1. The summed E-state index contributed by atoms with van der Waals surface area (Å²) >= 11 is 6.46. The van der Waals surface area contributed by atoms with Crippen LogP contribution in [0.4, 0.5) is 4.79 Å². The summed E-state index contributed by atoms with van der Waals surface area (Å²) < 4.78 is 7.06. The molecule has 2 heterocycles. The number of likely N-dealkylation sites (tertiary alicyclic amines) is 1. The average Bonchev–Trinajstić information content (AvgIpc) is 3.38. The van der Waals surface area contributed by atoms with Gasteiger partial charge in [0.2, 0.25) is 0 Å². The van der Waals surface area contributed by atoms with Gasteiger partial charge in [-0.25, -0.2) is 9.59 Å². The predicted molar refractivity (Wildman–Crippen MR) is 129 cm³/mol. The maximum absolute atomic E-state index is 13.2. The Balaban J connectivity index is 1.50. The summed E-state index contributed by atoms with van der Waals surface area (Å²) in [6.45, 7) is 0.183. The van der Waals surface area contributed by atoms with Gasteiger partial charge in [-0.3, -0.25) is 14.5 Å². The molecule has 2 aromatic rings. The van der Waals surface area contributed by atoms with Crippen LogP contribution in [0, 0.1) is 0 Å². The van der Waals surface area contributed by atoms with Gasteiger partial charge in [0.25, 0.3) is 12.6 Å². The highest BCUT2D eigenvalue weighted by molar-refractivity contribution is 6.31. The number of ketones is 1. The van der Waals surface area contributed by atoms with Crippen LogP contribution in [0.2, 0.25) is 5.02 Å². The highest BCUT2D eigenvalue weighted by Gasteiger charge is 2.48. The van der Waals surface area contributed by atoms with Crippen molar-refractivity contribution in [3.8, 4) is 0 Å². The molecule has 1 aliphatic heterocycles. The SMILES string of the molecule is CN(C(=O)OC[n+]1cccc(C(=O)N2CCC[C@H]2C(=O)O)c1)C1(c2ccccc2Cl)CCCCC1=O. The fourth-order valence-corrected chi connectivity index (χ4v) is 5.47. The second kappa shape index (κ2) is 10.7. The van der Waals surface area contributed by atoms with Crippen molar-refractivity contribution in [1.82, 2.24) is 9.80 Å². The monoisotopic (exact) mass is 514 g/mol. The van der Waals surface area contributed by atoms with Crippen LogP contribution >= 0.6 is 11.6 Å². The minimum Gasteiger partial charge on any atom is -0.480 e. The quantitative estimate of drug-likeness (QED) is 0.592. The molecule has 1 aliphatic carbocycles. The fraction of sp³-hybridized carbons (Fsp3) is 0.423. The summed E-state index contributed by atoms with van der Waals surface area (Å²) in [5, 5.41) is 9.80. The molecule has 190 valence electrons. The number of benzene rings is 1. The number of nitrogens with zero attached hydrogens (tertiary/aromatic N) is 3. The molecule has 2 atom stereocenters. The van der Waals surface area contributed by atoms with Gasteiger partial charge in [-0.05, 0) is 44.2 Å². The first-order valence-corrected chi connectivity index (χ1v) is 12.4. The van der Waals surface area contributed by atoms with Crippen LogP contribution in [-0.4, -0.2) is 58.3 Å². The molecule has 0 bridgehead atoms. The van der Waals surface area contributed by atoms with Crippen molar-refractivity contribution in [3.63, 3.8) is 0 Å². The molecular formula is C26H29ClN3O6+. The van der Waals surface area contributed by atoms with Crippen molar-refractivity contribution in [2.45, 2.75) is 56.8 Å². The van der Waals surface area contributed by atoms with Crippen LogP contribution in [0.15, 0.2) is 48.8 Å². The fourth-order valence-electron chi connectivity index (χ4n) is 5.17. The van der Waals surface area contributed by atoms with E-state index in [0.717, 1.165) is 12.8 Å². The van der Waals surface area contributed by atoms with Crippen LogP contribution < -0.4 is 4.57 Å². The van der Waals surface area contributed by atoms with Crippen LogP contribution in [0.3, 0.4) is 0 Å². The molecule has 1 aromatic carbocycles. The van der Waals surface area contributed by atoms with E-state index in [4.69, 9.17) is 16.3 Å². The van der Waals surface area contributed by atoms with Crippen molar-refractivity contribution >= 4 is 35.4 Å². The van der Waals surface area contributed by atoms with Gasteiger partial charge in [-0.2, -0.15) is 4.57 Å². The number of aromatic nitrogens is 1. The second-order valence-electron chi connectivity index (χ2n) is 9.17. The Morgan fingerprint density at radius 1 is 1.19 bits per heavy atom. The Morgan fingerprint density at radius 2 is 1.97 bits per heavy atom. The van der Waals surface area contributed by atoms with Crippen molar-refractivity contribution in [3.05, 3.63) is 64.9 Å². The number of carbonyl (C=O) groups is 4. The number of carbonyl (C=O) groups excluding carboxylic acids is 3. The minimum absolute atomic E-state index is 0.0832. The number of likely N-dealkylation sites (N-methyl/N-ethyl adjacent to an activating group) is 1. The molecule has 2 amide bonds. The van der Waals surface area contributed by atoms with Crippen molar-refractivity contribution in [2.75, 3.05) is 13.6 Å². The van der Waals surface area contributed by atoms with Gasteiger partial charge in [0.15, 0.2) is 18.2 Å².